The van der Waals surface area contributed by atoms with Crippen LogP contribution in [0.1, 0.15) is 41.4 Å². The van der Waals surface area contributed by atoms with E-state index in [1.165, 1.54) is 0 Å². The van der Waals surface area contributed by atoms with Crippen molar-refractivity contribution >= 4 is 6.03 Å². The van der Waals surface area contributed by atoms with Gasteiger partial charge in [-0.3, -0.25) is 0 Å². The van der Waals surface area contributed by atoms with Gasteiger partial charge in [0.15, 0.2) is 0 Å². The zero-order chi connectivity index (χ0) is 15.6. The average molecular weight is 290 g/mol. The van der Waals surface area contributed by atoms with Crippen LogP contribution < -0.4 is 5.32 Å². The Balaban J connectivity index is 1.97. The van der Waals surface area contributed by atoms with Crippen molar-refractivity contribution in [1.82, 2.24) is 10.2 Å². The van der Waals surface area contributed by atoms with E-state index >= 15 is 0 Å². The van der Waals surface area contributed by atoms with Gasteiger partial charge in [-0.05, 0) is 39.8 Å². The maximum atomic E-state index is 12.2. The highest BCUT2D eigenvalue weighted by Crippen LogP contribution is 2.21. The van der Waals surface area contributed by atoms with Gasteiger partial charge < -0.3 is 19.1 Å². The van der Waals surface area contributed by atoms with Gasteiger partial charge in [0.1, 0.15) is 17.3 Å². The second-order valence-corrected chi connectivity index (χ2v) is 5.40. The van der Waals surface area contributed by atoms with Gasteiger partial charge in [0.25, 0.3) is 0 Å². The van der Waals surface area contributed by atoms with Crippen LogP contribution in [0.4, 0.5) is 4.79 Å². The van der Waals surface area contributed by atoms with Crippen molar-refractivity contribution in [2.24, 2.45) is 0 Å². The summed E-state index contributed by atoms with van der Waals surface area (Å²) in [6.45, 7) is 8.17. The van der Waals surface area contributed by atoms with Gasteiger partial charge in [0.2, 0.25) is 0 Å². The van der Waals surface area contributed by atoms with Crippen LogP contribution in [-0.4, -0.2) is 18.0 Å². The fraction of sp³-hybridized carbons (Fsp3) is 0.438. The Morgan fingerprint density at radius 3 is 2.57 bits per heavy atom. The quantitative estimate of drug-likeness (QED) is 0.934. The fourth-order valence-corrected chi connectivity index (χ4v) is 2.36. The molecule has 114 valence electrons. The van der Waals surface area contributed by atoms with E-state index in [2.05, 4.69) is 5.32 Å². The van der Waals surface area contributed by atoms with Gasteiger partial charge in [-0.1, -0.05) is 0 Å². The lowest BCUT2D eigenvalue weighted by molar-refractivity contribution is 0.203. The molecule has 1 unspecified atom stereocenters. The van der Waals surface area contributed by atoms with Crippen molar-refractivity contribution in [3.8, 4) is 0 Å². The Bertz CT molecular complexity index is 627. The minimum absolute atomic E-state index is 0.0946. The number of urea groups is 1. The van der Waals surface area contributed by atoms with Crippen LogP contribution in [0, 0.1) is 20.8 Å². The smallest absolute Gasteiger partial charge is 0.317 e. The number of amides is 2. The lowest BCUT2D eigenvalue weighted by Crippen LogP contribution is -2.38. The van der Waals surface area contributed by atoms with E-state index in [-0.39, 0.29) is 12.1 Å². The number of carbonyl (C=O) groups excluding carboxylic acids is 1. The molecule has 2 aromatic heterocycles. The summed E-state index contributed by atoms with van der Waals surface area (Å²) in [5, 5.41) is 2.98. The SMILES string of the molecule is Cc1cc(C(C)NC(=O)N(C)Cc2ccoc2C)c(C)o1. The van der Waals surface area contributed by atoms with Crippen molar-refractivity contribution in [2.75, 3.05) is 7.05 Å². The molecule has 0 aliphatic rings. The van der Waals surface area contributed by atoms with Crippen molar-refractivity contribution in [2.45, 2.75) is 40.3 Å². The number of rotatable bonds is 4. The largest absolute Gasteiger partial charge is 0.469 e. The molecule has 0 spiro atoms. The summed E-state index contributed by atoms with van der Waals surface area (Å²) in [5.74, 6) is 2.53. The van der Waals surface area contributed by atoms with Crippen molar-refractivity contribution in [3.05, 3.63) is 46.8 Å². The molecular formula is C16H22N2O3. The van der Waals surface area contributed by atoms with Crippen LogP contribution in [0.2, 0.25) is 0 Å². The molecular weight excluding hydrogens is 268 g/mol. The zero-order valence-corrected chi connectivity index (χ0v) is 13.2. The highest BCUT2D eigenvalue weighted by molar-refractivity contribution is 5.74. The molecule has 0 saturated heterocycles. The van der Waals surface area contributed by atoms with Crippen LogP contribution in [0.3, 0.4) is 0 Å². The topological polar surface area (TPSA) is 58.6 Å². The van der Waals surface area contributed by atoms with Crippen LogP contribution in [-0.2, 0) is 6.54 Å². The third-order valence-electron chi connectivity index (χ3n) is 3.61. The summed E-state index contributed by atoms with van der Waals surface area (Å²) >= 11 is 0. The predicted octanol–water partition coefficient (Wildman–Crippen LogP) is 3.70. The maximum absolute atomic E-state index is 12.2. The Hall–Kier alpha value is -2.17. The van der Waals surface area contributed by atoms with Gasteiger partial charge in [-0.15, -0.1) is 0 Å². The average Bonchev–Trinajstić information content (AvgIpc) is 2.95. The summed E-state index contributed by atoms with van der Waals surface area (Å²) in [6.07, 6.45) is 1.64. The molecule has 0 fully saturated rings. The number of nitrogens with one attached hydrogen (secondary N) is 1. The number of hydrogen-bond acceptors (Lipinski definition) is 3. The number of nitrogens with zero attached hydrogens (tertiary/aromatic N) is 1. The van der Waals surface area contributed by atoms with E-state index in [1.807, 2.05) is 39.8 Å². The van der Waals surface area contributed by atoms with Gasteiger partial charge in [0.05, 0.1) is 18.8 Å². The number of furan rings is 2. The lowest BCUT2D eigenvalue weighted by atomic mass is 10.1. The summed E-state index contributed by atoms with van der Waals surface area (Å²) in [6, 6.07) is 3.62. The molecule has 5 heteroatoms. The highest BCUT2D eigenvalue weighted by Gasteiger charge is 2.18. The molecule has 2 aromatic rings. The molecule has 0 aliphatic carbocycles. The standard InChI is InChI=1S/C16H22N2O3/c1-10-8-15(13(4)21-10)11(2)17-16(19)18(5)9-14-6-7-20-12(14)3/h6-8,11H,9H2,1-5H3,(H,17,19). The highest BCUT2D eigenvalue weighted by atomic mass is 16.3. The molecule has 0 bridgehead atoms. The second kappa shape index (κ2) is 6.08. The first kappa shape index (κ1) is 15.2. The first-order chi connectivity index (χ1) is 9.88. The summed E-state index contributed by atoms with van der Waals surface area (Å²) in [5.41, 5.74) is 2.02. The molecule has 1 N–H and O–H groups in total. The van der Waals surface area contributed by atoms with Crippen LogP contribution in [0.15, 0.2) is 27.2 Å². The molecule has 0 aliphatic heterocycles. The number of hydrogen-bond donors (Lipinski definition) is 1. The molecule has 0 saturated carbocycles. The van der Waals surface area contributed by atoms with Crippen LogP contribution >= 0.6 is 0 Å². The van der Waals surface area contributed by atoms with E-state index in [9.17, 15) is 4.79 Å². The summed E-state index contributed by atoms with van der Waals surface area (Å²) in [4.78, 5) is 13.9. The molecule has 2 amide bonds. The molecule has 2 heterocycles. The van der Waals surface area contributed by atoms with Gasteiger partial charge in [0, 0.05) is 18.2 Å². The third-order valence-corrected chi connectivity index (χ3v) is 3.61. The first-order valence-electron chi connectivity index (χ1n) is 7.00. The van der Waals surface area contributed by atoms with E-state index in [0.29, 0.717) is 6.54 Å². The van der Waals surface area contributed by atoms with Crippen molar-refractivity contribution in [3.63, 3.8) is 0 Å². The zero-order valence-electron chi connectivity index (χ0n) is 13.2. The monoisotopic (exact) mass is 290 g/mol. The van der Waals surface area contributed by atoms with Crippen LogP contribution in [0.5, 0.6) is 0 Å². The molecule has 2 rings (SSSR count). The van der Waals surface area contributed by atoms with Crippen molar-refractivity contribution < 1.29 is 13.6 Å². The normalized spacial score (nSPS) is 12.2. The third kappa shape index (κ3) is 3.48. The molecule has 21 heavy (non-hydrogen) atoms. The van der Waals surface area contributed by atoms with E-state index in [4.69, 9.17) is 8.83 Å². The minimum Gasteiger partial charge on any atom is -0.469 e. The number of aryl methyl sites for hydroxylation is 3. The lowest BCUT2D eigenvalue weighted by Gasteiger charge is -2.21. The van der Waals surface area contributed by atoms with Gasteiger partial charge in [-0.25, -0.2) is 4.79 Å². The minimum atomic E-state index is -0.124. The first-order valence-corrected chi connectivity index (χ1v) is 7.00. The summed E-state index contributed by atoms with van der Waals surface area (Å²) < 4.78 is 10.7. The Morgan fingerprint density at radius 2 is 2.05 bits per heavy atom. The molecule has 1 atom stereocenters. The molecule has 0 aromatic carbocycles. The van der Waals surface area contributed by atoms with Crippen molar-refractivity contribution in [1.29, 1.82) is 0 Å². The van der Waals surface area contributed by atoms with E-state index in [1.54, 1.807) is 18.2 Å². The fourth-order valence-electron chi connectivity index (χ4n) is 2.36. The Kier molecular flexibility index (Phi) is 4.40. The van der Waals surface area contributed by atoms with Gasteiger partial charge in [-0.2, -0.15) is 0 Å². The second-order valence-electron chi connectivity index (χ2n) is 5.40. The maximum Gasteiger partial charge on any atom is 0.317 e. The summed E-state index contributed by atoms with van der Waals surface area (Å²) in [7, 11) is 1.77. The number of carbonyl (C=O) groups is 1. The Labute approximate surface area is 124 Å². The predicted molar refractivity (Wildman–Crippen MR) is 80.0 cm³/mol. The van der Waals surface area contributed by atoms with E-state index in [0.717, 1.165) is 28.4 Å². The van der Waals surface area contributed by atoms with Crippen LogP contribution in [0.25, 0.3) is 0 Å². The van der Waals surface area contributed by atoms with E-state index < -0.39 is 0 Å². The molecule has 5 nitrogen and oxygen atoms in total. The molecule has 0 radical (unpaired) electrons. The Morgan fingerprint density at radius 1 is 1.33 bits per heavy atom. The van der Waals surface area contributed by atoms with Gasteiger partial charge >= 0.3 is 6.03 Å².